The van der Waals surface area contributed by atoms with Crippen LogP contribution in [-0.2, 0) is 28.6 Å². The zero-order chi connectivity index (χ0) is 30.9. The van der Waals surface area contributed by atoms with Crippen LogP contribution in [0.25, 0.3) is 0 Å². The molecule has 41 heavy (non-hydrogen) atoms. The van der Waals surface area contributed by atoms with Crippen LogP contribution in [0.15, 0.2) is 71.2 Å². The van der Waals surface area contributed by atoms with E-state index < -0.39 is 12.0 Å². The molecule has 0 aromatic heterocycles. The highest BCUT2D eigenvalue weighted by Gasteiger charge is 2.27. The minimum absolute atomic E-state index is 0.00480. The lowest BCUT2D eigenvalue weighted by atomic mass is 9.97. The van der Waals surface area contributed by atoms with Crippen LogP contribution in [0.2, 0.25) is 0 Å². The molecular formula is C32H47ClN2O6. The molecule has 4 atom stereocenters. The van der Waals surface area contributed by atoms with Gasteiger partial charge in [-0.1, -0.05) is 74.4 Å². The second-order valence-electron chi connectivity index (χ2n) is 10.7. The summed E-state index contributed by atoms with van der Waals surface area (Å²) in [7, 11) is 1.44. The third-order valence-corrected chi connectivity index (χ3v) is 6.32. The maximum Gasteiger partial charge on any atom is 0.373 e. The highest BCUT2D eigenvalue weighted by atomic mass is 35.5. The molecule has 1 rings (SSSR count). The first-order valence-electron chi connectivity index (χ1n) is 14.1. The van der Waals surface area contributed by atoms with E-state index in [4.69, 9.17) is 25.8 Å². The van der Waals surface area contributed by atoms with Crippen molar-refractivity contribution in [2.24, 2.45) is 11.8 Å². The van der Waals surface area contributed by atoms with Gasteiger partial charge in [0, 0.05) is 23.4 Å². The zero-order valence-corrected chi connectivity index (χ0v) is 26.4. The number of cyclic esters (lactones) is 1. The quantitative estimate of drug-likeness (QED) is 0.130. The molecule has 9 heteroatoms. The van der Waals surface area contributed by atoms with Crippen molar-refractivity contribution in [1.82, 2.24) is 10.6 Å². The van der Waals surface area contributed by atoms with Crippen LogP contribution in [0.3, 0.4) is 0 Å². The van der Waals surface area contributed by atoms with Crippen molar-refractivity contribution < 1.29 is 28.6 Å². The van der Waals surface area contributed by atoms with Gasteiger partial charge in [-0.15, -0.1) is 0 Å². The van der Waals surface area contributed by atoms with E-state index in [-0.39, 0.29) is 47.7 Å². The van der Waals surface area contributed by atoms with Crippen molar-refractivity contribution in [3.8, 4) is 0 Å². The van der Waals surface area contributed by atoms with Crippen LogP contribution in [-0.4, -0.2) is 49.2 Å². The average Bonchev–Trinajstić information content (AvgIpc) is 2.89. The smallest absolute Gasteiger partial charge is 0.373 e. The Morgan fingerprint density at radius 1 is 1.12 bits per heavy atom. The van der Waals surface area contributed by atoms with Gasteiger partial charge in [-0.25, -0.2) is 4.79 Å². The van der Waals surface area contributed by atoms with E-state index in [1.807, 2.05) is 72.8 Å². The molecule has 228 valence electrons. The summed E-state index contributed by atoms with van der Waals surface area (Å²) in [5, 5.41) is 6.24. The lowest BCUT2D eigenvalue weighted by Gasteiger charge is -2.25. The summed E-state index contributed by atoms with van der Waals surface area (Å²) in [6.07, 6.45) is 17.3. The standard InChI is InChI=1S/C32H47ClN2O6/c1-21(2)30(31(37)34-19-11-13-26(40-22(3)4)16-15-25(7)33)35-29(36)14-10-9-12-23(5)20-24(6)27-17-18-28(39-8)32(38)41-27/h9-12,14-15,18-22,24,26-27,30H,13,16-17H2,1-8H3,(H,34,37)(H,35,36)/b12-9-,14-10-,19-11-,23-20+,25-15+/t24-,26+,27-,30-/m0/s1. The van der Waals surface area contributed by atoms with Gasteiger partial charge in [-0.05, 0) is 58.7 Å². The number of halogens is 1. The van der Waals surface area contributed by atoms with Gasteiger partial charge >= 0.3 is 5.97 Å². The van der Waals surface area contributed by atoms with Crippen molar-refractivity contribution >= 4 is 29.4 Å². The van der Waals surface area contributed by atoms with Gasteiger partial charge in [0.1, 0.15) is 12.1 Å². The maximum atomic E-state index is 12.7. The summed E-state index contributed by atoms with van der Waals surface area (Å²) in [4.78, 5) is 37.1. The van der Waals surface area contributed by atoms with Gasteiger partial charge in [0.2, 0.25) is 11.8 Å². The van der Waals surface area contributed by atoms with Gasteiger partial charge in [0.15, 0.2) is 5.76 Å². The molecule has 0 aromatic rings. The molecule has 0 saturated carbocycles. The molecule has 2 amide bonds. The number of carbonyl (C=O) groups is 3. The fraction of sp³-hybridized carbons (Fsp3) is 0.531. The van der Waals surface area contributed by atoms with Gasteiger partial charge in [-0.3, -0.25) is 9.59 Å². The molecule has 0 fully saturated rings. The Bertz CT molecular complexity index is 1050. The minimum atomic E-state index is -0.696. The summed E-state index contributed by atoms with van der Waals surface area (Å²) < 4.78 is 16.3. The summed E-state index contributed by atoms with van der Waals surface area (Å²) in [5.74, 6) is -0.990. The van der Waals surface area contributed by atoms with Gasteiger partial charge in [-0.2, -0.15) is 0 Å². The molecule has 1 heterocycles. The number of amides is 2. The second-order valence-corrected chi connectivity index (χ2v) is 11.2. The highest BCUT2D eigenvalue weighted by Crippen LogP contribution is 2.22. The van der Waals surface area contributed by atoms with Crippen LogP contribution in [0.4, 0.5) is 0 Å². The Labute approximate surface area is 250 Å². The van der Waals surface area contributed by atoms with E-state index in [9.17, 15) is 14.4 Å². The van der Waals surface area contributed by atoms with Crippen LogP contribution >= 0.6 is 11.6 Å². The number of hydrogen-bond acceptors (Lipinski definition) is 6. The Morgan fingerprint density at radius 2 is 1.80 bits per heavy atom. The number of hydrogen-bond donors (Lipinski definition) is 2. The predicted octanol–water partition coefficient (Wildman–Crippen LogP) is 6.01. The Morgan fingerprint density at radius 3 is 2.39 bits per heavy atom. The molecular weight excluding hydrogens is 544 g/mol. The molecule has 0 unspecified atom stereocenters. The molecule has 0 aliphatic carbocycles. The van der Waals surface area contributed by atoms with Crippen molar-refractivity contribution in [2.45, 2.75) is 92.1 Å². The second kappa shape index (κ2) is 19.1. The molecule has 8 nitrogen and oxygen atoms in total. The minimum Gasteiger partial charge on any atom is -0.490 e. The first kappa shape index (κ1) is 35.9. The van der Waals surface area contributed by atoms with E-state index in [0.717, 1.165) is 5.57 Å². The number of ether oxygens (including phenoxy) is 3. The summed E-state index contributed by atoms with van der Waals surface area (Å²) in [6, 6.07) is -0.696. The van der Waals surface area contributed by atoms with Gasteiger partial charge in [0.25, 0.3) is 0 Å². The van der Waals surface area contributed by atoms with E-state index in [2.05, 4.69) is 10.6 Å². The molecule has 2 N–H and O–H groups in total. The van der Waals surface area contributed by atoms with Crippen LogP contribution < -0.4 is 10.6 Å². The van der Waals surface area contributed by atoms with Crippen LogP contribution in [0.5, 0.6) is 0 Å². The number of esters is 1. The fourth-order valence-electron chi connectivity index (χ4n) is 4.04. The Hall–Kier alpha value is -3.10. The summed E-state index contributed by atoms with van der Waals surface area (Å²) in [6.45, 7) is 13.4. The molecule has 0 spiro atoms. The highest BCUT2D eigenvalue weighted by molar-refractivity contribution is 6.29. The van der Waals surface area contributed by atoms with E-state index in [1.54, 1.807) is 24.4 Å². The third-order valence-electron chi connectivity index (χ3n) is 6.16. The lowest BCUT2D eigenvalue weighted by molar-refractivity contribution is -0.151. The Balaban J connectivity index is 2.62. The zero-order valence-electron chi connectivity index (χ0n) is 25.6. The number of methoxy groups -OCH3 is 1. The van der Waals surface area contributed by atoms with E-state index in [0.29, 0.717) is 24.3 Å². The predicted molar refractivity (Wildman–Crippen MR) is 164 cm³/mol. The molecule has 1 aliphatic heterocycles. The topological polar surface area (TPSA) is 103 Å². The molecule has 0 radical (unpaired) electrons. The van der Waals surface area contributed by atoms with Crippen molar-refractivity contribution in [1.29, 1.82) is 0 Å². The van der Waals surface area contributed by atoms with Crippen LogP contribution in [0.1, 0.15) is 67.7 Å². The van der Waals surface area contributed by atoms with Gasteiger partial charge in [0.05, 0.1) is 19.3 Å². The van der Waals surface area contributed by atoms with E-state index >= 15 is 0 Å². The van der Waals surface area contributed by atoms with Crippen molar-refractivity contribution in [2.75, 3.05) is 7.11 Å². The van der Waals surface area contributed by atoms with Crippen LogP contribution in [0, 0.1) is 11.8 Å². The largest absolute Gasteiger partial charge is 0.490 e. The van der Waals surface area contributed by atoms with E-state index in [1.165, 1.54) is 13.2 Å². The number of carbonyl (C=O) groups excluding carboxylic acids is 3. The first-order valence-corrected chi connectivity index (χ1v) is 14.4. The third kappa shape index (κ3) is 14.9. The van der Waals surface area contributed by atoms with Gasteiger partial charge < -0.3 is 24.8 Å². The molecule has 0 bridgehead atoms. The first-order chi connectivity index (χ1) is 19.3. The average molecular weight is 591 g/mol. The normalized spacial score (nSPS) is 19.0. The van der Waals surface area contributed by atoms with Crippen molar-refractivity contribution in [3.05, 3.63) is 71.2 Å². The SMILES string of the molecule is COC1=CC[C@@H]([C@@H](C)/C=C(C)/C=C\C=C/C(=O)N[C@H](C(=O)N/C=C\C[C@H](C/C=C(\C)Cl)OC(C)C)C(C)C)OC1=O. The molecule has 0 aromatic carbocycles. The summed E-state index contributed by atoms with van der Waals surface area (Å²) >= 11 is 5.94. The molecule has 0 saturated heterocycles. The number of nitrogens with one attached hydrogen (secondary N) is 2. The maximum absolute atomic E-state index is 12.7. The number of allylic oxidation sites excluding steroid dienone is 5. The Kier molecular flexibility index (Phi) is 16.7. The van der Waals surface area contributed by atoms with Crippen molar-refractivity contribution in [3.63, 3.8) is 0 Å². The summed E-state index contributed by atoms with van der Waals surface area (Å²) in [5.41, 5.74) is 0.959. The fourth-order valence-corrected chi connectivity index (χ4v) is 4.13. The monoisotopic (exact) mass is 590 g/mol. The lowest BCUT2D eigenvalue weighted by Crippen LogP contribution is -2.48. The molecule has 1 aliphatic rings. The number of rotatable bonds is 16.